The van der Waals surface area contributed by atoms with E-state index in [1.165, 1.54) is 0 Å². The average Bonchev–Trinajstić information content (AvgIpc) is 2.46. The summed E-state index contributed by atoms with van der Waals surface area (Å²) in [5.74, 6) is -2.94. The number of ketones is 1. The minimum atomic E-state index is -1.46. The Labute approximate surface area is 85.9 Å². The maximum atomic E-state index is 12.3. The topological polar surface area (TPSA) is 74.7 Å². The highest BCUT2D eigenvalue weighted by atomic mass is 19.1. The van der Waals surface area contributed by atoms with Gasteiger partial charge in [-0.2, -0.15) is 0 Å². The number of carbonyl (C=O) groups is 3. The first-order valence-corrected chi connectivity index (χ1v) is 4.56. The van der Waals surface area contributed by atoms with Crippen molar-refractivity contribution in [2.75, 3.05) is 13.2 Å². The number of hydrogen-bond acceptors (Lipinski definition) is 3. The van der Waals surface area contributed by atoms with Gasteiger partial charge in [-0.25, -0.2) is 4.79 Å². The molecule has 2 atom stereocenters. The first kappa shape index (κ1) is 11.6. The highest BCUT2D eigenvalue weighted by Gasteiger charge is 2.39. The largest absolute Gasteiger partial charge is 0.479 e. The van der Waals surface area contributed by atoms with Crippen LogP contribution in [0.3, 0.4) is 0 Å². The number of amides is 1. The number of carboxylic acid groups (broad SMARTS) is 1. The molecule has 1 fully saturated rings. The van der Waals surface area contributed by atoms with Gasteiger partial charge in [0.2, 0.25) is 5.91 Å². The number of hydrogen-bond donors (Lipinski definition) is 1. The Morgan fingerprint density at radius 3 is 2.60 bits per heavy atom. The monoisotopic (exact) mass is 217 g/mol. The third kappa shape index (κ3) is 2.31. The molecule has 0 saturated carbocycles. The summed E-state index contributed by atoms with van der Waals surface area (Å²) >= 11 is 0. The number of halogens is 1. The molecular weight excluding hydrogens is 205 g/mol. The number of rotatable bonds is 4. The number of Topliss-reactive ketones (excluding diaryl/α,β-unsaturated/α-hetero) is 1. The van der Waals surface area contributed by atoms with Crippen LogP contribution in [0.5, 0.6) is 0 Å². The number of nitrogens with zero attached hydrogens (tertiary/aromatic N) is 1. The fourth-order valence-corrected chi connectivity index (χ4v) is 1.69. The molecule has 1 heterocycles. The van der Waals surface area contributed by atoms with Crippen LogP contribution in [0, 0.1) is 5.92 Å². The third-order valence-electron chi connectivity index (χ3n) is 2.39. The highest BCUT2D eigenvalue weighted by molar-refractivity contribution is 6.04. The molecule has 1 amide bonds. The van der Waals surface area contributed by atoms with Crippen molar-refractivity contribution < 1.29 is 23.9 Å². The van der Waals surface area contributed by atoms with Crippen molar-refractivity contribution in [2.24, 2.45) is 5.92 Å². The lowest BCUT2D eigenvalue weighted by Gasteiger charge is -2.21. The molecule has 84 valence electrons. The summed E-state index contributed by atoms with van der Waals surface area (Å²) in [6.45, 7) is 0.438. The lowest BCUT2D eigenvalue weighted by molar-refractivity contribution is -0.152. The van der Waals surface area contributed by atoms with E-state index in [4.69, 9.17) is 5.11 Å². The normalized spacial score (nSPS) is 22.9. The van der Waals surface area contributed by atoms with Gasteiger partial charge in [-0.05, 0) is 6.92 Å². The Morgan fingerprint density at radius 2 is 2.27 bits per heavy atom. The summed E-state index contributed by atoms with van der Waals surface area (Å²) in [7, 11) is 0. The van der Waals surface area contributed by atoms with Gasteiger partial charge in [0.05, 0.1) is 6.67 Å². The van der Waals surface area contributed by atoms with E-state index in [1.54, 1.807) is 0 Å². The maximum absolute atomic E-state index is 12.3. The van der Waals surface area contributed by atoms with Crippen molar-refractivity contribution in [3.8, 4) is 0 Å². The van der Waals surface area contributed by atoms with Crippen LogP contribution in [-0.2, 0) is 14.4 Å². The zero-order chi connectivity index (χ0) is 11.6. The SMILES string of the molecule is CC(=O)[C@@H](C(=O)O)N1CC(CF)CC1=O. The molecule has 1 aliphatic heterocycles. The molecule has 5 nitrogen and oxygen atoms in total. The molecule has 1 N–H and O–H groups in total. The minimum Gasteiger partial charge on any atom is -0.479 e. The van der Waals surface area contributed by atoms with Gasteiger partial charge < -0.3 is 10.0 Å². The van der Waals surface area contributed by atoms with Gasteiger partial charge >= 0.3 is 5.97 Å². The van der Waals surface area contributed by atoms with Crippen molar-refractivity contribution in [1.29, 1.82) is 0 Å². The Kier molecular flexibility index (Phi) is 3.39. The van der Waals surface area contributed by atoms with E-state index in [2.05, 4.69) is 0 Å². The van der Waals surface area contributed by atoms with Crippen LogP contribution in [0.4, 0.5) is 4.39 Å². The van der Waals surface area contributed by atoms with Gasteiger partial charge in [-0.3, -0.25) is 14.0 Å². The first-order chi connectivity index (χ1) is 6.97. The van der Waals surface area contributed by atoms with Gasteiger partial charge in [0, 0.05) is 18.9 Å². The molecule has 1 rings (SSSR count). The summed E-state index contributed by atoms with van der Waals surface area (Å²) < 4.78 is 12.3. The maximum Gasteiger partial charge on any atom is 0.334 e. The minimum absolute atomic E-state index is 0.00583. The zero-order valence-corrected chi connectivity index (χ0v) is 8.27. The van der Waals surface area contributed by atoms with Crippen LogP contribution in [0.25, 0.3) is 0 Å². The smallest absolute Gasteiger partial charge is 0.334 e. The molecule has 0 aromatic rings. The van der Waals surface area contributed by atoms with Crippen LogP contribution in [-0.4, -0.2) is 46.9 Å². The van der Waals surface area contributed by atoms with Crippen molar-refractivity contribution in [2.45, 2.75) is 19.4 Å². The number of alkyl halides is 1. The number of carbonyl (C=O) groups excluding carboxylic acids is 2. The molecule has 1 saturated heterocycles. The van der Waals surface area contributed by atoms with E-state index >= 15 is 0 Å². The molecule has 0 radical (unpaired) electrons. The molecule has 0 bridgehead atoms. The van der Waals surface area contributed by atoms with Crippen LogP contribution in [0.2, 0.25) is 0 Å². The molecule has 0 aromatic carbocycles. The van der Waals surface area contributed by atoms with Crippen molar-refractivity contribution in [3.05, 3.63) is 0 Å². The van der Waals surface area contributed by atoms with Crippen LogP contribution in [0.1, 0.15) is 13.3 Å². The van der Waals surface area contributed by atoms with Crippen LogP contribution in [0.15, 0.2) is 0 Å². The second-order valence-electron chi connectivity index (χ2n) is 3.62. The lowest BCUT2D eigenvalue weighted by atomic mass is 10.1. The van der Waals surface area contributed by atoms with Crippen molar-refractivity contribution in [3.63, 3.8) is 0 Å². The molecule has 6 heteroatoms. The number of aliphatic carboxylic acids is 1. The summed E-state index contributed by atoms with van der Waals surface area (Å²) in [6, 6.07) is -1.46. The predicted molar refractivity (Wildman–Crippen MR) is 47.9 cm³/mol. The predicted octanol–water partition coefficient (Wildman–Crippen LogP) is -0.153. The molecule has 0 spiro atoms. The molecule has 0 aliphatic carbocycles. The van der Waals surface area contributed by atoms with Crippen molar-refractivity contribution >= 4 is 17.7 Å². The van der Waals surface area contributed by atoms with Gasteiger partial charge in [0.15, 0.2) is 11.8 Å². The Hall–Kier alpha value is -1.46. The van der Waals surface area contributed by atoms with E-state index < -0.39 is 36.3 Å². The molecule has 1 aliphatic rings. The quantitative estimate of drug-likeness (QED) is 0.664. The summed E-state index contributed by atoms with van der Waals surface area (Å²) in [4.78, 5) is 34.1. The fourth-order valence-electron chi connectivity index (χ4n) is 1.69. The summed E-state index contributed by atoms with van der Waals surface area (Å²) in [6.07, 6.45) is -0.0203. The fraction of sp³-hybridized carbons (Fsp3) is 0.667. The Bertz CT molecular complexity index is 290. The Balaban J connectivity index is 2.82. The standard InChI is InChI=1S/C9H12FNO4/c1-5(12)8(9(14)15)11-4-6(3-10)2-7(11)13/h6,8H,2-4H2,1H3,(H,14,15)/t6?,8-/m0/s1. The second kappa shape index (κ2) is 4.37. The van der Waals surface area contributed by atoms with Gasteiger partial charge in [0.1, 0.15) is 0 Å². The average molecular weight is 217 g/mol. The summed E-state index contributed by atoms with van der Waals surface area (Å²) in [5, 5.41) is 8.77. The second-order valence-corrected chi connectivity index (χ2v) is 3.62. The van der Waals surface area contributed by atoms with Crippen molar-refractivity contribution in [1.82, 2.24) is 4.90 Å². The molecule has 15 heavy (non-hydrogen) atoms. The van der Waals surface area contributed by atoms with Gasteiger partial charge in [-0.15, -0.1) is 0 Å². The first-order valence-electron chi connectivity index (χ1n) is 4.56. The van der Waals surface area contributed by atoms with E-state index in [1.807, 2.05) is 0 Å². The molecule has 0 aromatic heterocycles. The van der Waals surface area contributed by atoms with E-state index in [9.17, 15) is 18.8 Å². The highest BCUT2D eigenvalue weighted by Crippen LogP contribution is 2.21. The van der Waals surface area contributed by atoms with E-state index in [0.29, 0.717) is 0 Å². The number of carboxylic acids is 1. The number of likely N-dealkylation sites (tertiary alicyclic amines) is 1. The third-order valence-corrected chi connectivity index (χ3v) is 2.39. The molecular formula is C9H12FNO4. The Morgan fingerprint density at radius 1 is 1.67 bits per heavy atom. The van der Waals surface area contributed by atoms with Crippen LogP contribution >= 0.6 is 0 Å². The summed E-state index contributed by atoms with van der Waals surface area (Å²) in [5.41, 5.74) is 0. The molecule has 1 unspecified atom stereocenters. The van der Waals surface area contributed by atoms with Gasteiger partial charge in [-0.1, -0.05) is 0 Å². The van der Waals surface area contributed by atoms with E-state index in [0.717, 1.165) is 11.8 Å². The van der Waals surface area contributed by atoms with Gasteiger partial charge in [0.25, 0.3) is 0 Å². The van der Waals surface area contributed by atoms with E-state index in [-0.39, 0.29) is 13.0 Å². The zero-order valence-electron chi connectivity index (χ0n) is 8.27. The lowest BCUT2D eigenvalue weighted by Crippen LogP contribution is -2.46. The van der Waals surface area contributed by atoms with Crippen LogP contribution < -0.4 is 0 Å².